The standard InChI is InChI=1S/C23H13F4N5O/c24-15-7-4-14(5-8-15)6-10-17-2-1-3-20(28-17)23(26,27)22(33)13-32-21(29-30-31-32)18-12-16(25)9-11-19(18)22/h1-5,7-9,11-12,33H,13H2. The third-order valence-electron chi connectivity index (χ3n) is 5.35. The molecular formula is C23H13F4N5O. The molecule has 0 spiro atoms. The van der Waals surface area contributed by atoms with E-state index in [1.807, 2.05) is 0 Å². The monoisotopic (exact) mass is 451 g/mol. The SMILES string of the molecule is OC1(C(F)(F)c2cccc(C#Cc3ccc(F)cc3)n2)Cn2nnnc2-c2cc(F)ccc21. The fraction of sp³-hybridized carbons (Fsp3) is 0.130. The van der Waals surface area contributed by atoms with Crippen molar-refractivity contribution in [2.45, 2.75) is 18.1 Å². The van der Waals surface area contributed by atoms with Crippen LogP contribution in [0, 0.1) is 23.5 Å². The van der Waals surface area contributed by atoms with Crippen LogP contribution >= 0.6 is 0 Å². The summed E-state index contributed by atoms with van der Waals surface area (Å²) < 4.78 is 59.5. The van der Waals surface area contributed by atoms with Crippen molar-refractivity contribution < 1.29 is 22.7 Å². The molecule has 1 atom stereocenters. The molecule has 3 heterocycles. The Morgan fingerprint density at radius 3 is 2.52 bits per heavy atom. The van der Waals surface area contributed by atoms with Crippen molar-refractivity contribution in [2.75, 3.05) is 0 Å². The third kappa shape index (κ3) is 3.43. The molecule has 1 aliphatic rings. The zero-order chi connectivity index (χ0) is 23.2. The molecule has 2 aromatic heterocycles. The van der Waals surface area contributed by atoms with Crippen molar-refractivity contribution in [1.29, 1.82) is 0 Å². The van der Waals surface area contributed by atoms with Gasteiger partial charge in [-0.2, -0.15) is 8.78 Å². The highest BCUT2D eigenvalue weighted by Gasteiger charge is 2.59. The van der Waals surface area contributed by atoms with Crippen LogP contribution in [0.2, 0.25) is 0 Å². The first-order valence-electron chi connectivity index (χ1n) is 9.70. The fourth-order valence-corrected chi connectivity index (χ4v) is 3.70. The minimum atomic E-state index is -3.92. The molecule has 2 aromatic carbocycles. The first kappa shape index (κ1) is 20.8. The van der Waals surface area contributed by atoms with Gasteiger partial charge in [-0.05, 0) is 64.9 Å². The molecule has 6 nitrogen and oxygen atoms in total. The molecule has 1 N–H and O–H groups in total. The van der Waals surface area contributed by atoms with E-state index < -0.39 is 35.4 Å². The molecule has 10 heteroatoms. The minimum Gasteiger partial charge on any atom is -0.377 e. The molecule has 0 radical (unpaired) electrons. The third-order valence-corrected chi connectivity index (χ3v) is 5.35. The molecule has 0 fully saturated rings. The van der Waals surface area contributed by atoms with Gasteiger partial charge in [0.05, 0.1) is 6.54 Å². The number of tetrazole rings is 1. The number of pyridine rings is 1. The number of hydrogen-bond acceptors (Lipinski definition) is 5. The van der Waals surface area contributed by atoms with Gasteiger partial charge in [0.25, 0.3) is 0 Å². The number of alkyl halides is 2. The fourth-order valence-electron chi connectivity index (χ4n) is 3.70. The average Bonchev–Trinajstić information content (AvgIpc) is 3.27. The maximum atomic E-state index is 15.8. The smallest absolute Gasteiger partial charge is 0.323 e. The Balaban J connectivity index is 1.57. The Hall–Kier alpha value is -4.10. The van der Waals surface area contributed by atoms with E-state index in [0.29, 0.717) is 5.56 Å². The Kier molecular flexibility index (Phi) is 4.72. The van der Waals surface area contributed by atoms with Crippen molar-refractivity contribution in [3.63, 3.8) is 0 Å². The topological polar surface area (TPSA) is 76.7 Å². The van der Waals surface area contributed by atoms with Gasteiger partial charge in [0.15, 0.2) is 11.4 Å². The number of aliphatic hydroxyl groups is 1. The summed E-state index contributed by atoms with van der Waals surface area (Å²) in [6, 6.07) is 12.3. The van der Waals surface area contributed by atoms with E-state index in [1.54, 1.807) is 0 Å². The van der Waals surface area contributed by atoms with Crippen molar-refractivity contribution in [2.24, 2.45) is 0 Å². The van der Waals surface area contributed by atoms with E-state index in [2.05, 4.69) is 32.4 Å². The summed E-state index contributed by atoms with van der Waals surface area (Å²) in [5.74, 6) is 0.424. The van der Waals surface area contributed by atoms with Gasteiger partial charge < -0.3 is 5.11 Å². The molecule has 4 aromatic rings. The zero-order valence-electron chi connectivity index (χ0n) is 16.7. The Morgan fingerprint density at radius 2 is 1.73 bits per heavy atom. The van der Waals surface area contributed by atoms with Crippen LogP contribution in [0.25, 0.3) is 11.4 Å². The van der Waals surface area contributed by atoms with Gasteiger partial charge in [-0.1, -0.05) is 18.1 Å². The minimum absolute atomic E-state index is 0.0263. The molecular weight excluding hydrogens is 438 g/mol. The number of fused-ring (bicyclic) bond motifs is 3. The molecule has 0 amide bonds. The second kappa shape index (κ2) is 7.50. The lowest BCUT2D eigenvalue weighted by molar-refractivity contribution is -0.207. The predicted molar refractivity (Wildman–Crippen MR) is 108 cm³/mol. The predicted octanol–water partition coefficient (Wildman–Crippen LogP) is 3.41. The van der Waals surface area contributed by atoms with Crippen LogP contribution in [0.4, 0.5) is 17.6 Å². The maximum Gasteiger partial charge on any atom is 0.323 e. The lowest BCUT2D eigenvalue weighted by Crippen LogP contribution is -2.49. The summed E-state index contributed by atoms with van der Waals surface area (Å²) in [5, 5.41) is 22.1. The molecule has 33 heavy (non-hydrogen) atoms. The van der Waals surface area contributed by atoms with Gasteiger partial charge in [-0.3, -0.25) is 0 Å². The second-order valence-corrected chi connectivity index (χ2v) is 7.45. The Labute approximate surface area is 184 Å². The van der Waals surface area contributed by atoms with E-state index in [-0.39, 0.29) is 22.6 Å². The van der Waals surface area contributed by atoms with E-state index >= 15 is 8.78 Å². The number of benzene rings is 2. The first-order valence-corrected chi connectivity index (χ1v) is 9.70. The van der Waals surface area contributed by atoms with Gasteiger partial charge in [-0.15, -0.1) is 5.10 Å². The quantitative estimate of drug-likeness (QED) is 0.374. The Morgan fingerprint density at radius 1 is 0.970 bits per heavy atom. The summed E-state index contributed by atoms with van der Waals surface area (Å²) in [6.45, 7) is -0.672. The van der Waals surface area contributed by atoms with Crippen molar-refractivity contribution >= 4 is 0 Å². The van der Waals surface area contributed by atoms with Crippen molar-refractivity contribution in [3.05, 3.63) is 94.8 Å². The lowest BCUT2D eigenvalue weighted by Gasteiger charge is -2.39. The normalized spacial score (nSPS) is 17.0. The lowest BCUT2D eigenvalue weighted by atomic mass is 9.80. The number of rotatable bonds is 2. The van der Waals surface area contributed by atoms with Crippen LogP contribution in [-0.2, 0) is 18.1 Å². The van der Waals surface area contributed by atoms with Crippen molar-refractivity contribution in [3.8, 4) is 23.2 Å². The van der Waals surface area contributed by atoms with E-state index in [0.717, 1.165) is 28.9 Å². The van der Waals surface area contributed by atoms with Gasteiger partial charge in [0.1, 0.15) is 23.0 Å². The van der Waals surface area contributed by atoms with Gasteiger partial charge in [-0.25, -0.2) is 18.4 Å². The highest BCUT2D eigenvalue weighted by molar-refractivity contribution is 5.64. The number of halogens is 4. The molecule has 1 unspecified atom stereocenters. The maximum absolute atomic E-state index is 15.8. The molecule has 5 rings (SSSR count). The molecule has 0 saturated heterocycles. The van der Waals surface area contributed by atoms with Gasteiger partial charge in [0, 0.05) is 16.7 Å². The molecule has 1 aliphatic heterocycles. The van der Waals surface area contributed by atoms with E-state index in [4.69, 9.17) is 0 Å². The van der Waals surface area contributed by atoms with Crippen molar-refractivity contribution in [1.82, 2.24) is 25.2 Å². The van der Waals surface area contributed by atoms with Crippen LogP contribution < -0.4 is 0 Å². The summed E-state index contributed by atoms with van der Waals surface area (Å²) in [7, 11) is 0. The molecule has 0 saturated carbocycles. The number of nitrogens with zero attached hydrogens (tertiary/aromatic N) is 5. The largest absolute Gasteiger partial charge is 0.377 e. The second-order valence-electron chi connectivity index (χ2n) is 7.45. The molecule has 0 bridgehead atoms. The summed E-state index contributed by atoms with van der Waals surface area (Å²) in [5.41, 5.74) is -3.31. The van der Waals surface area contributed by atoms with Crippen LogP contribution in [0.3, 0.4) is 0 Å². The summed E-state index contributed by atoms with van der Waals surface area (Å²) in [6.07, 6.45) is 0. The zero-order valence-corrected chi connectivity index (χ0v) is 16.7. The van der Waals surface area contributed by atoms with E-state index in [1.165, 1.54) is 36.4 Å². The number of hydrogen-bond donors (Lipinski definition) is 1. The van der Waals surface area contributed by atoms with Crippen LogP contribution in [0.15, 0.2) is 60.7 Å². The Bertz CT molecular complexity index is 1420. The van der Waals surface area contributed by atoms with Gasteiger partial charge in [0.2, 0.25) is 0 Å². The van der Waals surface area contributed by atoms with Crippen LogP contribution in [-0.4, -0.2) is 30.3 Å². The summed E-state index contributed by atoms with van der Waals surface area (Å²) in [4.78, 5) is 3.94. The van der Waals surface area contributed by atoms with Crippen LogP contribution in [0.5, 0.6) is 0 Å². The number of aromatic nitrogens is 5. The van der Waals surface area contributed by atoms with Crippen LogP contribution in [0.1, 0.15) is 22.5 Å². The highest BCUT2D eigenvalue weighted by Crippen LogP contribution is 2.50. The van der Waals surface area contributed by atoms with E-state index in [9.17, 15) is 13.9 Å². The first-order chi connectivity index (χ1) is 15.8. The van der Waals surface area contributed by atoms with Gasteiger partial charge >= 0.3 is 5.92 Å². The highest BCUT2D eigenvalue weighted by atomic mass is 19.3. The summed E-state index contributed by atoms with van der Waals surface area (Å²) >= 11 is 0. The molecule has 0 aliphatic carbocycles. The average molecular weight is 451 g/mol. The molecule has 164 valence electrons.